The van der Waals surface area contributed by atoms with Gasteiger partial charge in [-0.3, -0.25) is 0 Å². The van der Waals surface area contributed by atoms with E-state index in [0.29, 0.717) is 6.54 Å². The van der Waals surface area contributed by atoms with Gasteiger partial charge in [0.1, 0.15) is 5.75 Å². The fraction of sp³-hybridized carbons (Fsp3) is 0.647. The lowest BCUT2D eigenvalue weighted by molar-refractivity contribution is 0.173. The Kier molecular flexibility index (Phi) is 6.67. The molecule has 0 bridgehead atoms. The lowest BCUT2D eigenvalue weighted by Crippen LogP contribution is -2.06. The predicted molar refractivity (Wildman–Crippen MR) is 84.2 cm³/mol. The molecular formula is C17H27NO3. The number of benzene rings is 1. The molecule has 1 heterocycles. The van der Waals surface area contributed by atoms with Crippen molar-refractivity contribution in [2.45, 2.75) is 51.9 Å². The van der Waals surface area contributed by atoms with Crippen LogP contribution in [0.5, 0.6) is 17.2 Å². The summed E-state index contributed by atoms with van der Waals surface area (Å²) in [6.07, 6.45) is 8.38. The van der Waals surface area contributed by atoms with Gasteiger partial charge in [-0.1, -0.05) is 39.0 Å². The quantitative estimate of drug-likeness (QED) is 0.669. The first-order chi connectivity index (χ1) is 10.3. The molecule has 1 aromatic rings. The van der Waals surface area contributed by atoms with Crippen LogP contribution in [0.2, 0.25) is 0 Å². The van der Waals surface area contributed by atoms with Crippen molar-refractivity contribution in [1.82, 2.24) is 0 Å². The van der Waals surface area contributed by atoms with Gasteiger partial charge in [-0.05, 0) is 31.0 Å². The molecule has 0 fully saturated rings. The Morgan fingerprint density at radius 3 is 2.52 bits per heavy atom. The van der Waals surface area contributed by atoms with Gasteiger partial charge in [0.05, 0.1) is 6.61 Å². The van der Waals surface area contributed by atoms with Gasteiger partial charge in [-0.25, -0.2) is 0 Å². The number of hydrogen-bond acceptors (Lipinski definition) is 4. The zero-order valence-electron chi connectivity index (χ0n) is 13.0. The first-order valence-electron chi connectivity index (χ1n) is 8.10. The van der Waals surface area contributed by atoms with Gasteiger partial charge in [0.25, 0.3) is 0 Å². The average Bonchev–Trinajstić information content (AvgIpc) is 2.94. The molecule has 1 aromatic carbocycles. The first kappa shape index (κ1) is 16.0. The number of rotatable bonds is 10. The fourth-order valence-corrected chi connectivity index (χ4v) is 2.52. The molecule has 4 heteroatoms. The maximum absolute atomic E-state index is 5.93. The number of ether oxygens (including phenoxy) is 3. The Morgan fingerprint density at radius 1 is 1.05 bits per heavy atom. The molecule has 0 amide bonds. The third kappa shape index (κ3) is 4.81. The van der Waals surface area contributed by atoms with E-state index < -0.39 is 0 Å². The molecule has 2 rings (SSSR count). The van der Waals surface area contributed by atoms with Gasteiger partial charge in [0.15, 0.2) is 11.5 Å². The summed E-state index contributed by atoms with van der Waals surface area (Å²) in [6.45, 7) is 3.89. The number of hydrogen-bond donors (Lipinski definition) is 1. The van der Waals surface area contributed by atoms with E-state index in [9.17, 15) is 0 Å². The topological polar surface area (TPSA) is 53.7 Å². The molecule has 0 saturated heterocycles. The number of unbranched alkanes of at least 4 members (excludes halogenated alkanes) is 5. The zero-order valence-corrected chi connectivity index (χ0v) is 13.0. The van der Waals surface area contributed by atoms with Gasteiger partial charge in [0, 0.05) is 6.07 Å². The highest BCUT2D eigenvalue weighted by atomic mass is 16.7. The second-order valence-electron chi connectivity index (χ2n) is 5.47. The Bertz CT molecular complexity index is 434. The van der Waals surface area contributed by atoms with Crippen LogP contribution in [0.25, 0.3) is 0 Å². The highest BCUT2D eigenvalue weighted by molar-refractivity contribution is 5.52. The summed E-state index contributed by atoms with van der Waals surface area (Å²) in [6, 6.07) is 3.93. The fourth-order valence-electron chi connectivity index (χ4n) is 2.52. The lowest BCUT2D eigenvalue weighted by atomic mass is 10.1. The molecule has 0 aromatic heterocycles. The van der Waals surface area contributed by atoms with E-state index in [4.69, 9.17) is 19.9 Å². The van der Waals surface area contributed by atoms with Crippen molar-refractivity contribution in [2.75, 3.05) is 19.9 Å². The standard InChI is InChI=1S/C17H27NO3/c1-2-3-4-5-6-7-10-19-15-12-17-16(20-13-21-17)11-14(15)8-9-18/h11-12H,2-10,13,18H2,1H3. The summed E-state index contributed by atoms with van der Waals surface area (Å²) >= 11 is 0. The molecule has 1 aliphatic heterocycles. The summed E-state index contributed by atoms with van der Waals surface area (Å²) in [7, 11) is 0. The van der Waals surface area contributed by atoms with Crippen molar-refractivity contribution >= 4 is 0 Å². The summed E-state index contributed by atoms with van der Waals surface area (Å²) in [5.41, 5.74) is 6.77. The van der Waals surface area contributed by atoms with Crippen molar-refractivity contribution in [3.8, 4) is 17.2 Å². The second-order valence-corrected chi connectivity index (χ2v) is 5.47. The second kappa shape index (κ2) is 8.78. The third-order valence-electron chi connectivity index (χ3n) is 3.72. The van der Waals surface area contributed by atoms with Crippen LogP contribution in [0.1, 0.15) is 51.0 Å². The van der Waals surface area contributed by atoms with Gasteiger partial charge in [-0.15, -0.1) is 0 Å². The van der Waals surface area contributed by atoms with Gasteiger partial charge in [-0.2, -0.15) is 0 Å². The van der Waals surface area contributed by atoms with E-state index in [-0.39, 0.29) is 6.79 Å². The van der Waals surface area contributed by atoms with Gasteiger partial charge in [0.2, 0.25) is 6.79 Å². The molecule has 0 unspecified atom stereocenters. The largest absolute Gasteiger partial charge is 0.493 e. The smallest absolute Gasteiger partial charge is 0.231 e. The molecule has 4 nitrogen and oxygen atoms in total. The predicted octanol–water partition coefficient (Wildman–Crippen LogP) is 3.66. The monoisotopic (exact) mass is 293 g/mol. The molecule has 1 aliphatic rings. The van der Waals surface area contributed by atoms with Gasteiger partial charge < -0.3 is 19.9 Å². The maximum atomic E-state index is 5.93. The minimum atomic E-state index is 0.290. The molecular weight excluding hydrogens is 266 g/mol. The van der Waals surface area contributed by atoms with Crippen LogP contribution in [0.15, 0.2) is 12.1 Å². The van der Waals surface area contributed by atoms with E-state index in [1.54, 1.807) is 0 Å². The molecule has 21 heavy (non-hydrogen) atoms. The van der Waals surface area contributed by atoms with Crippen molar-refractivity contribution in [3.63, 3.8) is 0 Å². The summed E-state index contributed by atoms with van der Waals surface area (Å²) in [4.78, 5) is 0. The Morgan fingerprint density at radius 2 is 1.76 bits per heavy atom. The molecule has 0 atom stereocenters. The summed E-state index contributed by atoms with van der Waals surface area (Å²) in [5.74, 6) is 2.46. The molecule has 2 N–H and O–H groups in total. The molecule has 0 aliphatic carbocycles. The van der Waals surface area contributed by atoms with E-state index in [0.717, 1.165) is 42.3 Å². The van der Waals surface area contributed by atoms with Crippen molar-refractivity contribution in [1.29, 1.82) is 0 Å². The van der Waals surface area contributed by atoms with Crippen molar-refractivity contribution in [2.24, 2.45) is 5.73 Å². The highest BCUT2D eigenvalue weighted by Crippen LogP contribution is 2.38. The average molecular weight is 293 g/mol. The van der Waals surface area contributed by atoms with Crippen LogP contribution in [-0.2, 0) is 6.42 Å². The zero-order chi connectivity index (χ0) is 14.9. The van der Waals surface area contributed by atoms with Crippen LogP contribution in [0.4, 0.5) is 0 Å². The molecule has 0 spiro atoms. The number of nitrogens with two attached hydrogens (primary N) is 1. The minimum Gasteiger partial charge on any atom is -0.493 e. The van der Waals surface area contributed by atoms with E-state index in [2.05, 4.69) is 6.92 Å². The molecule has 118 valence electrons. The lowest BCUT2D eigenvalue weighted by Gasteiger charge is -2.12. The van der Waals surface area contributed by atoms with E-state index >= 15 is 0 Å². The number of fused-ring (bicyclic) bond motifs is 1. The van der Waals surface area contributed by atoms with E-state index in [1.807, 2.05) is 12.1 Å². The molecule has 0 radical (unpaired) electrons. The van der Waals surface area contributed by atoms with Crippen molar-refractivity contribution in [3.05, 3.63) is 17.7 Å². The van der Waals surface area contributed by atoms with Crippen LogP contribution in [0.3, 0.4) is 0 Å². The SMILES string of the molecule is CCCCCCCCOc1cc2c(cc1CCN)OCO2. The normalized spacial score (nSPS) is 12.7. The van der Waals surface area contributed by atoms with Crippen molar-refractivity contribution < 1.29 is 14.2 Å². The minimum absolute atomic E-state index is 0.290. The molecule has 0 saturated carbocycles. The Labute approximate surface area is 127 Å². The van der Waals surface area contributed by atoms with Crippen LogP contribution >= 0.6 is 0 Å². The van der Waals surface area contributed by atoms with E-state index in [1.165, 1.54) is 32.1 Å². The first-order valence-corrected chi connectivity index (χ1v) is 8.10. The highest BCUT2D eigenvalue weighted by Gasteiger charge is 2.17. The van der Waals surface area contributed by atoms with Crippen LogP contribution in [0, 0.1) is 0 Å². The summed E-state index contributed by atoms with van der Waals surface area (Å²) in [5, 5.41) is 0. The van der Waals surface area contributed by atoms with Crippen LogP contribution in [-0.4, -0.2) is 19.9 Å². The Hall–Kier alpha value is -1.42. The van der Waals surface area contributed by atoms with Gasteiger partial charge >= 0.3 is 0 Å². The Balaban J connectivity index is 1.81. The third-order valence-corrected chi connectivity index (χ3v) is 3.72. The maximum Gasteiger partial charge on any atom is 0.231 e. The van der Waals surface area contributed by atoms with Crippen LogP contribution < -0.4 is 19.9 Å². The summed E-state index contributed by atoms with van der Waals surface area (Å²) < 4.78 is 16.7.